The Kier molecular flexibility index (Phi) is 4.45. The zero-order valence-electron chi connectivity index (χ0n) is 10.4. The summed E-state index contributed by atoms with van der Waals surface area (Å²) >= 11 is 3.42. The first-order valence-corrected chi connectivity index (χ1v) is 8.67. The lowest BCUT2D eigenvalue weighted by molar-refractivity contribution is 0.346. The normalized spacial score (nSPS) is 22.9. The van der Waals surface area contributed by atoms with Crippen LogP contribution in [0.15, 0.2) is 17.6 Å². The van der Waals surface area contributed by atoms with Crippen LogP contribution in [0.2, 0.25) is 0 Å². The first kappa shape index (κ1) is 14.0. The second-order valence-electron chi connectivity index (χ2n) is 4.65. The Bertz CT molecular complexity index is 500. The van der Waals surface area contributed by atoms with Crippen LogP contribution < -0.4 is 0 Å². The minimum Gasteiger partial charge on any atom is -0.339 e. The molecule has 1 aliphatic heterocycles. The van der Waals surface area contributed by atoms with Crippen molar-refractivity contribution >= 4 is 26.0 Å². The number of halogens is 1. The first-order chi connectivity index (χ1) is 8.55. The van der Waals surface area contributed by atoms with Crippen molar-refractivity contribution in [2.24, 2.45) is 7.05 Å². The van der Waals surface area contributed by atoms with Gasteiger partial charge in [0.25, 0.3) is 10.0 Å². The van der Waals surface area contributed by atoms with E-state index in [1.165, 1.54) is 6.33 Å². The van der Waals surface area contributed by atoms with Crippen LogP contribution in [-0.4, -0.2) is 40.2 Å². The summed E-state index contributed by atoms with van der Waals surface area (Å²) in [6, 6.07) is 0.0412. The lowest BCUT2D eigenvalue weighted by Crippen LogP contribution is -2.41. The van der Waals surface area contributed by atoms with E-state index in [1.807, 2.05) is 0 Å². The second-order valence-corrected chi connectivity index (χ2v) is 7.14. The molecule has 18 heavy (non-hydrogen) atoms. The van der Waals surface area contributed by atoms with Gasteiger partial charge in [-0.1, -0.05) is 28.8 Å². The summed E-state index contributed by atoms with van der Waals surface area (Å²) < 4.78 is 28.4. The van der Waals surface area contributed by atoms with Crippen molar-refractivity contribution in [3.8, 4) is 0 Å². The van der Waals surface area contributed by atoms with E-state index in [4.69, 9.17) is 0 Å². The molecule has 7 heteroatoms. The largest absolute Gasteiger partial charge is 0.339 e. The van der Waals surface area contributed by atoms with Crippen molar-refractivity contribution in [1.29, 1.82) is 0 Å². The van der Waals surface area contributed by atoms with Gasteiger partial charge in [0, 0.05) is 31.2 Å². The van der Waals surface area contributed by atoms with E-state index in [-0.39, 0.29) is 11.1 Å². The van der Waals surface area contributed by atoms with E-state index in [1.54, 1.807) is 22.1 Å². The van der Waals surface area contributed by atoms with Crippen LogP contribution in [0.25, 0.3) is 0 Å². The van der Waals surface area contributed by atoms with E-state index in [0.717, 1.165) is 25.7 Å². The minimum atomic E-state index is -3.45. The molecule has 2 heterocycles. The third-order valence-electron chi connectivity index (χ3n) is 3.26. The third kappa shape index (κ3) is 2.78. The molecule has 0 aliphatic carbocycles. The number of rotatable bonds is 3. The predicted octanol–water partition coefficient (Wildman–Crippen LogP) is 1.75. The predicted molar refractivity (Wildman–Crippen MR) is 73.1 cm³/mol. The number of imidazole rings is 1. The van der Waals surface area contributed by atoms with Gasteiger partial charge in [-0.15, -0.1) is 0 Å². The molecule has 102 valence electrons. The Hall–Kier alpha value is -0.400. The molecule has 1 fully saturated rings. The highest BCUT2D eigenvalue weighted by molar-refractivity contribution is 9.09. The van der Waals surface area contributed by atoms with Gasteiger partial charge in [0.2, 0.25) is 0 Å². The van der Waals surface area contributed by atoms with Crippen molar-refractivity contribution in [3.63, 3.8) is 0 Å². The molecule has 0 aromatic carbocycles. The summed E-state index contributed by atoms with van der Waals surface area (Å²) in [5.41, 5.74) is 0. The van der Waals surface area contributed by atoms with Gasteiger partial charge < -0.3 is 4.57 Å². The van der Waals surface area contributed by atoms with Crippen molar-refractivity contribution in [2.45, 2.75) is 36.8 Å². The van der Waals surface area contributed by atoms with Crippen molar-refractivity contribution in [2.75, 3.05) is 11.9 Å². The maximum absolute atomic E-state index is 12.6. The number of alkyl halides is 1. The quantitative estimate of drug-likeness (QED) is 0.790. The third-order valence-corrected chi connectivity index (χ3v) is 5.84. The second kappa shape index (κ2) is 5.71. The Morgan fingerprint density at radius 3 is 2.83 bits per heavy atom. The Labute approximate surface area is 116 Å². The molecule has 1 aromatic heterocycles. The van der Waals surface area contributed by atoms with Gasteiger partial charge in [-0.05, 0) is 12.8 Å². The van der Waals surface area contributed by atoms with E-state index in [0.29, 0.717) is 11.9 Å². The summed E-state index contributed by atoms with van der Waals surface area (Å²) in [5, 5.41) is 0.830. The molecule has 0 saturated carbocycles. The summed E-state index contributed by atoms with van der Waals surface area (Å²) in [6.45, 7) is 0.592. The highest BCUT2D eigenvalue weighted by Gasteiger charge is 2.33. The van der Waals surface area contributed by atoms with E-state index >= 15 is 0 Å². The lowest BCUT2D eigenvalue weighted by Gasteiger charge is -2.26. The average Bonchev–Trinajstić information content (AvgIpc) is 2.65. The van der Waals surface area contributed by atoms with Gasteiger partial charge in [0.15, 0.2) is 5.03 Å². The van der Waals surface area contributed by atoms with Crippen LogP contribution in [0.1, 0.15) is 25.7 Å². The molecule has 1 saturated heterocycles. The maximum atomic E-state index is 12.6. The van der Waals surface area contributed by atoms with Gasteiger partial charge in [-0.2, -0.15) is 4.31 Å². The summed E-state index contributed by atoms with van der Waals surface area (Å²) in [7, 11) is -1.68. The minimum absolute atomic E-state index is 0.0412. The van der Waals surface area contributed by atoms with Crippen LogP contribution in [0.4, 0.5) is 0 Å². The highest BCUT2D eigenvalue weighted by Crippen LogP contribution is 2.24. The molecule has 1 aliphatic rings. The Morgan fingerprint density at radius 2 is 2.22 bits per heavy atom. The van der Waals surface area contributed by atoms with Crippen LogP contribution in [0, 0.1) is 0 Å². The average molecular weight is 336 g/mol. The van der Waals surface area contributed by atoms with Gasteiger partial charge >= 0.3 is 0 Å². The molecule has 1 unspecified atom stereocenters. The topological polar surface area (TPSA) is 55.2 Å². The Morgan fingerprint density at radius 1 is 1.44 bits per heavy atom. The number of aryl methyl sites for hydroxylation is 1. The molecule has 0 amide bonds. The van der Waals surface area contributed by atoms with Gasteiger partial charge in [0.1, 0.15) is 0 Å². The van der Waals surface area contributed by atoms with E-state index < -0.39 is 10.0 Å². The van der Waals surface area contributed by atoms with Gasteiger partial charge in [-0.25, -0.2) is 13.4 Å². The zero-order chi connectivity index (χ0) is 13.2. The number of hydrogen-bond acceptors (Lipinski definition) is 3. The molecule has 0 radical (unpaired) electrons. The number of nitrogens with zero attached hydrogens (tertiary/aromatic N) is 3. The molecule has 1 aromatic rings. The summed E-state index contributed by atoms with van der Waals surface area (Å²) in [5.74, 6) is 0. The van der Waals surface area contributed by atoms with Gasteiger partial charge in [0.05, 0.1) is 6.33 Å². The smallest absolute Gasteiger partial charge is 0.262 e. The molecule has 0 bridgehead atoms. The molecular formula is C11H18BrN3O2S. The molecule has 2 rings (SSSR count). The molecule has 0 spiro atoms. The number of aromatic nitrogens is 2. The highest BCUT2D eigenvalue weighted by atomic mass is 79.9. The Balaban J connectivity index is 2.32. The standard InChI is InChI=1S/C11H18BrN3O2S/c1-14-8-11(13-9-14)18(16,17)15-6-4-2-3-5-10(15)7-12/h8-10H,2-7H2,1H3. The lowest BCUT2D eigenvalue weighted by atomic mass is 10.1. The van der Waals surface area contributed by atoms with Crippen LogP contribution in [0.3, 0.4) is 0 Å². The van der Waals surface area contributed by atoms with Crippen molar-refractivity contribution in [1.82, 2.24) is 13.9 Å². The zero-order valence-corrected chi connectivity index (χ0v) is 12.8. The fourth-order valence-electron chi connectivity index (χ4n) is 2.26. The molecule has 5 nitrogen and oxygen atoms in total. The fraction of sp³-hybridized carbons (Fsp3) is 0.727. The SMILES string of the molecule is Cn1cnc(S(=O)(=O)N2CCCCCC2CBr)c1. The first-order valence-electron chi connectivity index (χ1n) is 6.11. The molecular weight excluding hydrogens is 318 g/mol. The van der Waals surface area contributed by atoms with Crippen LogP contribution in [0.5, 0.6) is 0 Å². The van der Waals surface area contributed by atoms with Crippen molar-refractivity contribution < 1.29 is 8.42 Å². The molecule has 1 atom stereocenters. The van der Waals surface area contributed by atoms with Crippen LogP contribution in [-0.2, 0) is 17.1 Å². The summed E-state index contributed by atoms with van der Waals surface area (Å²) in [4.78, 5) is 3.98. The number of sulfonamides is 1. The fourth-order valence-corrected chi connectivity index (χ4v) is 4.79. The van der Waals surface area contributed by atoms with Gasteiger partial charge in [-0.3, -0.25) is 0 Å². The van der Waals surface area contributed by atoms with E-state index in [2.05, 4.69) is 20.9 Å². The van der Waals surface area contributed by atoms with Crippen molar-refractivity contribution in [3.05, 3.63) is 12.5 Å². The molecule has 0 N–H and O–H groups in total. The summed E-state index contributed by atoms with van der Waals surface area (Å²) in [6.07, 6.45) is 7.11. The van der Waals surface area contributed by atoms with Crippen LogP contribution >= 0.6 is 15.9 Å². The monoisotopic (exact) mass is 335 g/mol. The maximum Gasteiger partial charge on any atom is 0.262 e. The number of hydrogen-bond donors (Lipinski definition) is 0. The van der Waals surface area contributed by atoms with E-state index in [9.17, 15) is 8.42 Å².